The molecule has 1 aromatic carbocycles. The first-order chi connectivity index (χ1) is 9.97. The molecule has 1 aliphatic carbocycles. The van der Waals surface area contributed by atoms with Gasteiger partial charge in [0, 0.05) is 30.8 Å². The minimum atomic E-state index is -0.416. The Morgan fingerprint density at radius 1 is 1.33 bits per heavy atom. The predicted molar refractivity (Wildman–Crippen MR) is 81.1 cm³/mol. The van der Waals surface area contributed by atoms with Crippen LogP contribution in [-0.4, -0.2) is 41.5 Å². The van der Waals surface area contributed by atoms with Crippen LogP contribution in [0.3, 0.4) is 0 Å². The van der Waals surface area contributed by atoms with Gasteiger partial charge in [-0.25, -0.2) is 0 Å². The highest BCUT2D eigenvalue weighted by Gasteiger charge is 2.29. The summed E-state index contributed by atoms with van der Waals surface area (Å²) in [7, 11) is 1.72. The smallest absolute Gasteiger partial charge is 0.253 e. The molecule has 0 saturated heterocycles. The zero-order valence-corrected chi connectivity index (χ0v) is 12.5. The molecule has 0 heterocycles. The van der Waals surface area contributed by atoms with Crippen molar-refractivity contribution in [1.29, 1.82) is 0 Å². The fourth-order valence-electron chi connectivity index (χ4n) is 1.99. The van der Waals surface area contributed by atoms with Crippen molar-refractivity contribution in [3.8, 4) is 0 Å². The van der Waals surface area contributed by atoms with Gasteiger partial charge in [0.2, 0.25) is 5.91 Å². The standard InChI is InChI=1S/C16H22N2O3/c1-11(19)9-10-18(2)16(21)13-5-7-14(8-6-13)17-15(20)12-3-4-12/h5-8,11-12,19H,3-4,9-10H2,1-2H3,(H,17,20). The number of carbonyl (C=O) groups is 2. The molecule has 2 N–H and O–H groups in total. The van der Waals surface area contributed by atoms with Crippen LogP contribution in [0.15, 0.2) is 24.3 Å². The van der Waals surface area contributed by atoms with Crippen molar-refractivity contribution in [2.45, 2.75) is 32.3 Å². The molecule has 2 rings (SSSR count). The summed E-state index contributed by atoms with van der Waals surface area (Å²) < 4.78 is 0. The minimum Gasteiger partial charge on any atom is -0.393 e. The number of nitrogens with one attached hydrogen (secondary N) is 1. The molecule has 2 amide bonds. The fraction of sp³-hybridized carbons (Fsp3) is 0.500. The molecule has 1 aromatic rings. The number of amides is 2. The number of benzene rings is 1. The van der Waals surface area contributed by atoms with E-state index >= 15 is 0 Å². The van der Waals surface area contributed by atoms with E-state index in [0.717, 1.165) is 18.5 Å². The highest BCUT2D eigenvalue weighted by molar-refractivity contribution is 5.96. The summed E-state index contributed by atoms with van der Waals surface area (Å²) in [4.78, 5) is 25.4. The van der Waals surface area contributed by atoms with Gasteiger partial charge in [-0.05, 0) is 50.5 Å². The average Bonchev–Trinajstić information content (AvgIpc) is 3.29. The Bertz CT molecular complexity index is 507. The summed E-state index contributed by atoms with van der Waals surface area (Å²) in [5.41, 5.74) is 1.29. The number of rotatable bonds is 6. The molecule has 0 spiro atoms. The summed E-state index contributed by atoms with van der Waals surface area (Å²) in [6.07, 6.45) is 2.07. The molecule has 0 aliphatic heterocycles. The van der Waals surface area contributed by atoms with Gasteiger partial charge in [0.25, 0.3) is 5.91 Å². The Morgan fingerprint density at radius 3 is 2.48 bits per heavy atom. The van der Waals surface area contributed by atoms with Crippen LogP contribution < -0.4 is 5.32 Å². The third-order valence-electron chi connectivity index (χ3n) is 3.58. The molecule has 114 valence electrons. The zero-order chi connectivity index (χ0) is 15.4. The number of aliphatic hydroxyl groups is 1. The first kappa shape index (κ1) is 15.5. The summed E-state index contributed by atoms with van der Waals surface area (Å²) >= 11 is 0. The van der Waals surface area contributed by atoms with E-state index in [1.165, 1.54) is 0 Å². The topological polar surface area (TPSA) is 69.6 Å². The molecule has 5 heteroatoms. The molecule has 21 heavy (non-hydrogen) atoms. The summed E-state index contributed by atoms with van der Waals surface area (Å²) in [6.45, 7) is 2.21. The lowest BCUT2D eigenvalue weighted by Crippen LogP contribution is -2.29. The zero-order valence-electron chi connectivity index (χ0n) is 12.5. The van der Waals surface area contributed by atoms with E-state index in [-0.39, 0.29) is 17.7 Å². The normalized spacial score (nSPS) is 15.4. The number of nitrogens with zero attached hydrogens (tertiary/aromatic N) is 1. The van der Waals surface area contributed by atoms with Crippen LogP contribution in [0.4, 0.5) is 5.69 Å². The van der Waals surface area contributed by atoms with Gasteiger partial charge in [0.1, 0.15) is 0 Å². The van der Waals surface area contributed by atoms with Gasteiger partial charge >= 0.3 is 0 Å². The van der Waals surface area contributed by atoms with Crippen molar-refractivity contribution < 1.29 is 14.7 Å². The van der Waals surface area contributed by atoms with Crippen molar-refractivity contribution in [3.63, 3.8) is 0 Å². The molecule has 0 bridgehead atoms. The molecule has 0 radical (unpaired) electrons. The van der Waals surface area contributed by atoms with E-state index in [2.05, 4.69) is 5.32 Å². The Hall–Kier alpha value is -1.88. The first-order valence-corrected chi connectivity index (χ1v) is 7.32. The van der Waals surface area contributed by atoms with E-state index in [4.69, 9.17) is 0 Å². The lowest BCUT2D eigenvalue weighted by molar-refractivity contribution is -0.117. The number of hydrogen-bond donors (Lipinski definition) is 2. The van der Waals surface area contributed by atoms with Crippen molar-refractivity contribution in [2.24, 2.45) is 5.92 Å². The molecular formula is C16H22N2O3. The maximum absolute atomic E-state index is 12.2. The van der Waals surface area contributed by atoms with Crippen LogP contribution in [-0.2, 0) is 4.79 Å². The Labute approximate surface area is 125 Å². The lowest BCUT2D eigenvalue weighted by atomic mass is 10.1. The summed E-state index contributed by atoms with van der Waals surface area (Å²) in [5.74, 6) is 0.136. The van der Waals surface area contributed by atoms with Crippen molar-refractivity contribution in [2.75, 3.05) is 18.9 Å². The molecule has 1 atom stereocenters. The van der Waals surface area contributed by atoms with E-state index in [0.29, 0.717) is 18.5 Å². The molecule has 1 aliphatic rings. The second-order valence-corrected chi connectivity index (χ2v) is 5.71. The van der Waals surface area contributed by atoms with Gasteiger partial charge in [-0.15, -0.1) is 0 Å². The van der Waals surface area contributed by atoms with Crippen LogP contribution in [0.1, 0.15) is 36.5 Å². The maximum atomic E-state index is 12.2. The van der Waals surface area contributed by atoms with Crippen LogP contribution in [0.2, 0.25) is 0 Å². The van der Waals surface area contributed by atoms with Gasteiger partial charge in [0.05, 0.1) is 6.10 Å². The number of aliphatic hydroxyl groups excluding tert-OH is 1. The molecule has 1 unspecified atom stereocenters. The van der Waals surface area contributed by atoms with Crippen LogP contribution >= 0.6 is 0 Å². The predicted octanol–water partition coefficient (Wildman–Crippen LogP) is 1.88. The van der Waals surface area contributed by atoms with E-state index < -0.39 is 6.10 Å². The number of carbonyl (C=O) groups excluding carboxylic acids is 2. The molecule has 0 aromatic heterocycles. The Kier molecular flexibility index (Phi) is 4.96. The van der Waals surface area contributed by atoms with Gasteiger partial charge in [-0.3, -0.25) is 9.59 Å². The summed E-state index contributed by atoms with van der Waals surface area (Å²) in [6, 6.07) is 6.92. The number of anilines is 1. The quantitative estimate of drug-likeness (QED) is 0.840. The molecular weight excluding hydrogens is 268 g/mol. The number of hydrogen-bond acceptors (Lipinski definition) is 3. The van der Waals surface area contributed by atoms with Crippen LogP contribution in [0, 0.1) is 5.92 Å². The molecule has 1 fully saturated rings. The van der Waals surface area contributed by atoms with E-state index in [9.17, 15) is 14.7 Å². The monoisotopic (exact) mass is 290 g/mol. The first-order valence-electron chi connectivity index (χ1n) is 7.32. The maximum Gasteiger partial charge on any atom is 0.253 e. The van der Waals surface area contributed by atoms with Crippen molar-refractivity contribution in [1.82, 2.24) is 4.90 Å². The largest absolute Gasteiger partial charge is 0.393 e. The van der Waals surface area contributed by atoms with Crippen molar-refractivity contribution in [3.05, 3.63) is 29.8 Å². The minimum absolute atomic E-state index is 0.0585. The molecule has 1 saturated carbocycles. The third kappa shape index (κ3) is 4.56. The van der Waals surface area contributed by atoms with Crippen molar-refractivity contribution >= 4 is 17.5 Å². The van der Waals surface area contributed by atoms with E-state index in [1.807, 2.05) is 0 Å². The fourth-order valence-corrected chi connectivity index (χ4v) is 1.99. The SMILES string of the molecule is CC(O)CCN(C)C(=O)c1ccc(NC(=O)C2CC2)cc1. The highest BCUT2D eigenvalue weighted by atomic mass is 16.3. The van der Waals surface area contributed by atoms with E-state index in [1.54, 1.807) is 43.1 Å². The van der Waals surface area contributed by atoms with Gasteiger partial charge in [-0.2, -0.15) is 0 Å². The van der Waals surface area contributed by atoms with Gasteiger partial charge in [-0.1, -0.05) is 0 Å². The lowest BCUT2D eigenvalue weighted by Gasteiger charge is -2.18. The Balaban J connectivity index is 1.91. The molecule has 5 nitrogen and oxygen atoms in total. The van der Waals surface area contributed by atoms with Gasteiger partial charge < -0.3 is 15.3 Å². The van der Waals surface area contributed by atoms with Crippen LogP contribution in [0.25, 0.3) is 0 Å². The average molecular weight is 290 g/mol. The second-order valence-electron chi connectivity index (χ2n) is 5.71. The highest BCUT2D eigenvalue weighted by Crippen LogP contribution is 2.30. The van der Waals surface area contributed by atoms with Gasteiger partial charge in [0.15, 0.2) is 0 Å². The second kappa shape index (κ2) is 6.72. The summed E-state index contributed by atoms with van der Waals surface area (Å²) in [5, 5.41) is 12.1. The Morgan fingerprint density at radius 2 is 1.95 bits per heavy atom. The third-order valence-corrected chi connectivity index (χ3v) is 3.58. The van der Waals surface area contributed by atoms with Crippen LogP contribution in [0.5, 0.6) is 0 Å².